The van der Waals surface area contributed by atoms with Crippen LogP contribution in [0.1, 0.15) is 60.8 Å². The molecule has 0 spiro atoms. The molecule has 2 aliphatic carbocycles. The third-order valence-electron chi connectivity index (χ3n) is 7.25. The highest BCUT2D eigenvalue weighted by molar-refractivity contribution is 7.17. The van der Waals surface area contributed by atoms with Crippen LogP contribution in [0.2, 0.25) is 0 Å². The van der Waals surface area contributed by atoms with E-state index in [1.165, 1.54) is 24.0 Å². The van der Waals surface area contributed by atoms with Crippen molar-refractivity contribution in [1.82, 2.24) is 0 Å². The zero-order chi connectivity index (χ0) is 24.1. The summed E-state index contributed by atoms with van der Waals surface area (Å²) in [5.41, 5.74) is 3.13. The maximum atomic E-state index is 13.3. The maximum absolute atomic E-state index is 13.3. The molecule has 33 heavy (non-hydrogen) atoms. The van der Waals surface area contributed by atoms with Gasteiger partial charge in [0.15, 0.2) is 0 Å². The van der Waals surface area contributed by atoms with Crippen LogP contribution in [0.3, 0.4) is 0 Å². The van der Waals surface area contributed by atoms with Crippen molar-refractivity contribution in [2.75, 3.05) is 12.4 Å². The summed E-state index contributed by atoms with van der Waals surface area (Å²) in [5.74, 6) is -2.81. The summed E-state index contributed by atoms with van der Waals surface area (Å²) in [6, 6.07) is 8.09. The minimum Gasteiger partial charge on any atom is -0.481 e. The molecule has 1 heterocycles. The highest BCUT2D eigenvalue weighted by Crippen LogP contribution is 2.53. The van der Waals surface area contributed by atoms with Gasteiger partial charge in [-0.3, -0.25) is 9.59 Å². The number of thiophene rings is 1. The number of nitrogens with one attached hydrogen (secondary N) is 1. The Balaban J connectivity index is 1.69. The van der Waals surface area contributed by atoms with Gasteiger partial charge < -0.3 is 15.2 Å². The lowest BCUT2D eigenvalue weighted by atomic mass is 9.78. The van der Waals surface area contributed by atoms with Crippen molar-refractivity contribution in [1.29, 1.82) is 0 Å². The summed E-state index contributed by atoms with van der Waals surface area (Å²) in [7, 11) is 1.32. The lowest BCUT2D eigenvalue weighted by molar-refractivity contribution is -0.148. The van der Waals surface area contributed by atoms with Gasteiger partial charge in [0.05, 0.1) is 18.9 Å². The molecular formula is C26H31NO5S. The molecule has 0 unspecified atom stereocenters. The molecule has 6 nitrogen and oxygen atoms in total. The second-order valence-corrected chi connectivity index (χ2v) is 11.5. The fourth-order valence-corrected chi connectivity index (χ4v) is 6.70. The van der Waals surface area contributed by atoms with Crippen molar-refractivity contribution in [3.8, 4) is 11.1 Å². The predicted molar refractivity (Wildman–Crippen MR) is 129 cm³/mol. The predicted octanol–water partition coefficient (Wildman–Crippen LogP) is 5.49. The van der Waals surface area contributed by atoms with Gasteiger partial charge in [-0.05, 0) is 54.6 Å². The van der Waals surface area contributed by atoms with Gasteiger partial charge in [0.1, 0.15) is 10.6 Å². The molecule has 0 saturated heterocycles. The molecular weight excluding hydrogens is 438 g/mol. The van der Waals surface area contributed by atoms with Gasteiger partial charge in [-0.2, -0.15) is 0 Å². The smallest absolute Gasteiger partial charge is 0.341 e. The summed E-state index contributed by atoms with van der Waals surface area (Å²) in [6.45, 7) is 8.35. The van der Waals surface area contributed by atoms with E-state index in [9.17, 15) is 19.5 Å². The zero-order valence-electron chi connectivity index (χ0n) is 19.7. The number of ether oxygens (including phenoxy) is 1. The Morgan fingerprint density at radius 1 is 1.06 bits per heavy atom. The van der Waals surface area contributed by atoms with E-state index in [-0.39, 0.29) is 23.2 Å². The summed E-state index contributed by atoms with van der Waals surface area (Å²) in [4.78, 5) is 38.8. The number of benzene rings is 1. The van der Waals surface area contributed by atoms with E-state index in [4.69, 9.17) is 4.74 Å². The Morgan fingerprint density at radius 2 is 1.67 bits per heavy atom. The third-order valence-corrected chi connectivity index (χ3v) is 8.28. The van der Waals surface area contributed by atoms with Crippen LogP contribution in [0, 0.1) is 30.6 Å². The maximum Gasteiger partial charge on any atom is 0.341 e. The molecule has 1 amide bonds. The highest BCUT2D eigenvalue weighted by Gasteiger charge is 2.54. The largest absolute Gasteiger partial charge is 0.481 e. The van der Waals surface area contributed by atoms with E-state index in [2.05, 4.69) is 38.2 Å². The molecule has 2 fully saturated rings. The number of hydrogen-bond acceptors (Lipinski definition) is 5. The molecule has 2 N–H and O–H groups in total. The quantitative estimate of drug-likeness (QED) is 0.565. The van der Waals surface area contributed by atoms with Crippen molar-refractivity contribution in [2.45, 2.75) is 52.4 Å². The lowest BCUT2D eigenvalue weighted by Crippen LogP contribution is -2.37. The van der Waals surface area contributed by atoms with Crippen molar-refractivity contribution in [3.63, 3.8) is 0 Å². The average Bonchev–Trinajstić information content (AvgIpc) is 3.45. The van der Waals surface area contributed by atoms with Gasteiger partial charge in [-0.1, -0.05) is 45.0 Å². The van der Waals surface area contributed by atoms with Crippen molar-refractivity contribution in [3.05, 3.63) is 40.3 Å². The van der Waals surface area contributed by atoms with E-state index in [1.807, 2.05) is 19.1 Å². The van der Waals surface area contributed by atoms with Crippen LogP contribution >= 0.6 is 11.3 Å². The molecule has 2 bridgehead atoms. The molecule has 4 rings (SSSR count). The molecule has 0 aliphatic heterocycles. The Morgan fingerprint density at radius 3 is 2.21 bits per heavy atom. The number of anilines is 1. The number of esters is 1. The number of methoxy groups -OCH3 is 1. The summed E-state index contributed by atoms with van der Waals surface area (Å²) >= 11 is 1.33. The van der Waals surface area contributed by atoms with Gasteiger partial charge in [0.2, 0.25) is 5.91 Å². The summed E-state index contributed by atoms with van der Waals surface area (Å²) < 4.78 is 5.07. The minimum absolute atomic E-state index is 0.00782. The number of fused-ring (bicyclic) bond motifs is 2. The molecule has 2 saturated carbocycles. The van der Waals surface area contributed by atoms with Crippen molar-refractivity contribution >= 4 is 34.2 Å². The monoisotopic (exact) mass is 469 g/mol. The lowest BCUT2D eigenvalue weighted by Gasteiger charge is -2.26. The van der Waals surface area contributed by atoms with Gasteiger partial charge >= 0.3 is 11.9 Å². The second kappa shape index (κ2) is 8.60. The topological polar surface area (TPSA) is 92.7 Å². The number of carboxylic acids is 1. The molecule has 2 aromatic rings. The standard InChI is InChI=1S/C26H31NO5S/c1-13-18(14-8-10-17(11-9-14)26(2,3)4)21(25(31)32-5)23(33-13)27-22(28)19-15-6-7-16(12-15)20(19)24(29)30/h8-11,15-16,19-20H,6-7,12H2,1-5H3,(H,27,28)(H,29,30)/t15-,16+,19+,20+/m1/s1. The van der Waals surface area contributed by atoms with Crippen LogP contribution in [0.5, 0.6) is 0 Å². The highest BCUT2D eigenvalue weighted by atomic mass is 32.1. The number of carbonyl (C=O) groups is 3. The number of amides is 1. The number of rotatable bonds is 5. The van der Waals surface area contributed by atoms with Crippen molar-refractivity contribution < 1.29 is 24.2 Å². The van der Waals surface area contributed by atoms with Crippen LogP contribution in [-0.4, -0.2) is 30.1 Å². The molecule has 176 valence electrons. The molecule has 1 aromatic carbocycles. The molecule has 4 atom stereocenters. The number of aliphatic carboxylic acids is 1. The van der Waals surface area contributed by atoms with Gasteiger partial charge in [-0.25, -0.2) is 4.79 Å². The Hall–Kier alpha value is -2.67. The number of carbonyl (C=O) groups excluding carboxylic acids is 2. The zero-order valence-corrected chi connectivity index (χ0v) is 20.5. The van der Waals surface area contributed by atoms with Crippen LogP contribution in [0.15, 0.2) is 24.3 Å². The molecule has 1 aromatic heterocycles. The molecule has 2 aliphatic rings. The van der Waals surface area contributed by atoms with Crippen LogP contribution in [0.4, 0.5) is 5.00 Å². The Labute approximate surface area is 198 Å². The Kier molecular flexibility index (Phi) is 6.12. The first kappa shape index (κ1) is 23.5. The fourth-order valence-electron chi connectivity index (χ4n) is 5.63. The van der Waals surface area contributed by atoms with Gasteiger partial charge in [-0.15, -0.1) is 11.3 Å². The fraction of sp³-hybridized carbons (Fsp3) is 0.500. The normalized spacial score (nSPS) is 24.0. The molecule has 7 heteroatoms. The summed E-state index contributed by atoms with van der Waals surface area (Å²) in [6.07, 6.45) is 2.53. The number of hydrogen-bond donors (Lipinski definition) is 2. The average molecular weight is 470 g/mol. The van der Waals surface area contributed by atoms with E-state index in [0.29, 0.717) is 10.6 Å². The van der Waals surface area contributed by atoms with E-state index in [1.54, 1.807) is 0 Å². The van der Waals surface area contributed by atoms with Crippen LogP contribution in [-0.2, 0) is 19.7 Å². The summed E-state index contributed by atoms with van der Waals surface area (Å²) in [5, 5.41) is 13.1. The van der Waals surface area contributed by atoms with Crippen molar-refractivity contribution in [2.24, 2.45) is 23.7 Å². The number of carboxylic acid groups (broad SMARTS) is 1. The first-order valence-electron chi connectivity index (χ1n) is 11.4. The van der Waals surface area contributed by atoms with Crippen LogP contribution in [0.25, 0.3) is 11.1 Å². The first-order chi connectivity index (χ1) is 15.5. The Bertz CT molecular complexity index is 1100. The van der Waals surface area contributed by atoms with E-state index >= 15 is 0 Å². The molecule has 0 radical (unpaired) electrons. The van der Waals surface area contributed by atoms with Gasteiger partial charge in [0.25, 0.3) is 0 Å². The van der Waals surface area contributed by atoms with E-state index in [0.717, 1.165) is 35.3 Å². The SMILES string of the molecule is COC(=O)c1c(NC(=O)[C@H]2[C@@H]3CC[C@@H](C3)[C@@H]2C(=O)O)sc(C)c1-c1ccc(C(C)(C)C)cc1. The van der Waals surface area contributed by atoms with Crippen LogP contribution < -0.4 is 5.32 Å². The van der Waals surface area contributed by atoms with Gasteiger partial charge in [0, 0.05) is 10.4 Å². The third kappa shape index (κ3) is 4.19. The minimum atomic E-state index is -0.905. The second-order valence-electron chi connectivity index (χ2n) is 10.3. The number of aryl methyl sites for hydroxylation is 1. The first-order valence-corrected chi connectivity index (χ1v) is 12.2. The van der Waals surface area contributed by atoms with E-state index < -0.39 is 23.8 Å².